The third-order valence-electron chi connectivity index (χ3n) is 2.42. The minimum absolute atomic E-state index is 0. The van der Waals surface area contributed by atoms with Crippen LogP contribution in [0, 0.1) is 5.82 Å². The molecule has 78 valence electrons. The molecule has 1 aromatic carbocycles. The van der Waals surface area contributed by atoms with E-state index in [4.69, 9.17) is 0 Å². The Balaban J connectivity index is 0.000000980. The van der Waals surface area contributed by atoms with E-state index in [-0.39, 0.29) is 18.2 Å². The highest BCUT2D eigenvalue weighted by Crippen LogP contribution is 2.25. The smallest absolute Gasteiger partial charge is 0.124 e. The van der Waals surface area contributed by atoms with Gasteiger partial charge in [-0.05, 0) is 42.6 Å². The fraction of sp³-hybridized carbons (Fsp3) is 0.400. The van der Waals surface area contributed by atoms with E-state index >= 15 is 0 Å². The summed E-state index contributed by atoms with van der Waals surface area (Å²) >= 11 is 3.30. The van der Waals surface area contributed by atoms with Crippen molar-refractivity contribution in [1.82, 2.24) is 5.32 Å². The molecule has 1 fully saturated rings. The second-order valence-electron chi connectivity index (χ2n) is 3.39. The lowest BCUT2D eigenvalue weighted by atomic mass is 9.99. The number of benzene rings is 1. The molecule has 1 aromatic rings. The number of hydrogen-bond donors (Lipinski definition) is 1. The van der Waals surface area contributed by atoms with Gasteiger partial charge in [0, 0.05) is 11.0 Å². The molecule has 4 heteroatoms. The van der Waals surface area contributed by atoms with Crippen LogP contribution in [0.1, 0.15) is 17.9 Å². The summed E-state index contributed by atoms with van der Waals surface area (Å²) in [6.07, 6.45) is 1.11. The molecule has 1 heterocycles. The van der Waals surface area contributed by atoms with Gasteiger partial charge in [0.15, 0.2) is 0 Å². The van der Waals surface area contributed by atoms with E-state index in [1.165, 1.54) is 6.07 Å². The topological polar surface area (TPSA) is 12.0 Å². The van der Waals surface area contributed by atoms with E-state index in [0.29, 0.717) is 5.92 Å². The third kappa shape index (κ3) is 2.69. The number of nitrogens with one attached hydrogen (secondary N) is 1. The Morgan fingerprint density at radius 1 is 1.36 bits per heavy atom. The quantitative estimate of drug-likeness (QED) is 0.833. The molecule has 2 rings (SSSR count). The zero-order chi connectivity index (χ0) is 9.26. The van der Waals surface area contributed by atoms with Gasteiger partial charge in [0.05, 0.1) is 0 Å². The van der Waals surface area contributed by atoms with Crippen LogP contribution in [-0.4, -0.2) is 13.1 Å². The van der Waals surface area contributed by atoms with Gasteiger partial charge in [-0.2, -0.15) is 0 Å². The largest absolute Gasteiger partial charge is 0.316 e. The summed E-state index contributed by atoms with van der Waals surface area (Å²) in [6.45, 7) is 2.01. The van der Waals surface area contributed by atoms with Gasteiger partial charge < -0.3 is 5.32 Å². The maximum atomic E-state index is 13.0. The first-order chi connectivity index (χ1) is 6.25. The van der Waals surface area contributed by atoms with Crippen LogP contribution >= 0.6 is 28.3 Å². The van der Waals surface area contributed by atoms with Crippen molar-refractivity contribution in [2.75, 3.05) is 13.1 Å². The van der Waals surface area contributed by atoms with Crippen molar-refractivity contribution in [2.45, 2.75) is 12.3 Å². The summed E-state index contributed by atoms with van der Waals surface area (Å²) < 4.78 is 13.9. The van der Waals surface area contributed by atoms with Crippen LogP contribution < -0.4 is 5.32 Å². The van der Waals surface area contributed by atoms with Crippen molar-refractivity contribution >= 4 is 28.3 Å². The van der Waals surface area contributed by atoms with E-state index in [1.807, 2.05) is 6.07 Å². The molecular formula is C10H12BrClFN. The first-order valence-electron chi connectivity index (χ1n) is 4.42. The Hall–Kier alpha value is -0.120. The van der Waals surface area contributed by atoms with Crippen LogP contribution in [0.2, 0.25) is 0 Å². The Kier molecular flexibility index (Phi) is 4.35. The van der Waals surface area contributed by atoms with Crippen LogP contribution in [0.15, 0.2) is 22.7 Å². The lowest BCUT2D eigenvalue weighted by Crippen LogP contribution is -2.08. The van der Waals surface area contributed by atoms with Gasteiger partial charge in [0.2, 0.25) is 0 Å². The molecule has 1 aliphatic rings. The van der Waals surface area contributed by atoms with E-state index in [2.05, 4.69) is 21.2 Å². The monoisotopic (exact) mass is 279 g/mol. The lowest BCUT2D eigenvalue weighted by molar-refractivity contribution is 0.620. The Morgan fingerprint density at radius 2 is 2.14 bits per heavy atom. The first-order valence-corrected chi connectivity index (χ1v) is 5.22. The summed E-state index contributed by atoms with van der Waals surface area (Å²) in [4.78, 5) is 0. The van der Waals surface area contributed by atoms with Crippen LogP contribution in [0.5, 0.6) is 0 Å². The summed E-state index contributed by atoms with van der Waals surface area (Å²) in [5.41, 5.74) is 1.09. The first kappa shape index (κ1) is 12.0. The summed E-state index contributed by atoms with van der Waals surface area (Å²) in [7, 11) is 0. The molecule has 0 bridgehead atoms. The molecule has 0 saturated carbocycles. The number of hydrogen-bond acceptors (Lipinski definition) is 1. The molecule has 0 amide bonds. The molecule has 1 aliphatic heterocycles. The third-order valence-corrected chi connectivity index (χ3v) is 2.87. The van der Waals surface area contributed by atoms with E-state index < -0.39 is 0 Å². The van der Waals surface area contributed by atoms with Crippen LogP contribution in [0.3, 0.4) is 0 Å². The molecular weight excluding hydrogens is 268 g/mol. The standard InChI is InChI=1S/C10H11BrFN.ClH/c11-9-3-8(4-10(12)5-9)7-1-2-13-6-7;/h3-5,7,13H,1-2,6H2;1H. The van der Waals surface area contributed by atoms with Crippen molar-refractivity contribution in [3.8, 4) is 0 Å². The highest BCUT2D eigenvalue weighted by Gasteiger charge is 2.17. The predicted octanol–water partition coefficient (Wildman–Crippen LogP) is 3.09. The zero-order valence-electron chi connectivity index (χ0n) is 7.59. The van der Waals surface area contributed by atoms with Crippen LogP contribution in [-0.2, 0) is 0 Å². The SMILES string of the molecule is Cl.Fc1cc(Br)cc(C2CCNC2)c1. The van der Waals surface area contributed by atoms with Gasteiger partial charge in [0.25, 0.3) is 0 Å². The van der Waals surface area contributed by atoms with Gasteiger partial charge >= 0.3 is 0 Å². The summed E-state index contributed by atoms with van der Waals surface area (Å²) in [5.74, 6) is 0.322. The molecule has 1 atom stereocenters. The van der Waals surface area contributed by atoms with Gasteiger partial charge in [-0.15, -0.1) is 12.4 Å². The molecule has 0 radical (unpaired) electrons. The van der Waals surface area contributed by atoms with Crippen molar-refractivity contribution < 1.29 is 4.39 Å². The summed E-state index contributed by atoms with van der Waals surface area (Å²) in [5, 5.41) is 3.27. The fourth-order valence-electron chi connectivity index (χ4n) is 1.75. The average molecular weight is 281 g/mol. The molecule has 0 aromatic heterocycles. The normalized spacial score (nSPS) is 20.6. The lowest BCUT2D eigenvalue weighted by Gasteiger charge is -2.08. The number of rotatable bonds is 1. The van der Waals surface area contributed by atoms with Crippen molar-refractivity contribution in [1.29, 1.82) is 0 Å². The highest BCUT2D eigenvalue weighted by atomic mass is 79.9. The van der Waals surface area contributed by atoms with Gasteiger partial charge in [0.1, 0.15) is 5.82 Å². The average Bonchev–Trinajstić information content (AvgIpc) is 2.53. The predicted molar refractivity (Wildman–Crippen MR) is 61.6 cm³/mol. The van der Waals surface area contributed by atoms with Gasteiger partial charge in [-0.3, -0.25) is 0 Å². The Labute approximate surface area is 97.6 Å². The fourth-order valence-corrected chi connectivity index (χ4v) is 2.23. The maximum Gasteiger partial charge on any atom is 0.124 e. The molecule has 0 aliphatic carbocycles. The van der Waals surface area contributed by atoms with Gasteiger partial charge in [-0.25, -0.2) is 4.39 Å². The van der Waals surface area contributed by atoms with Crippen LogP contribution in [0.25, 0.3) is 0 Å². The van der Waals surface area contributed by atoms with E-state index in [9.17, 15) is 4.39 Å². The van der Waals surface area contributed by atoms with E-state index in [1.54, 1.807) is 6.07 Å². The molecule has 1 unspecified atom stereocenters. The second-order valence-corrected chi connectivity index (χ2v) is 4.31. The zero-order valence-corrected chi connectivity index (χ0v) is 10.00. The van der Waals surface area contributed by atoms with Gasteiger partial charge in [-0.1, -0.05) is 15.9 Å². The molecule has 1 saturated heterocycles. The minimum atomic E-state index is -0.156. The highest BCUT2D eigenvalue weighted by molar-refractivity contribution is 9.10. The molecule has 1 nitrogen and oxygen atoms in total. The Bertz CT molecular complexity index is 293. The Morgan fingerprint density at radius 3 is 2.71 bits per heavy atom. The number of halogens is 3. The second kappa shape index (κ2) is 5.10. The van der Waals surface area contributed by atoms with Crippen molar-refractivity contribution in [3.63, 3.8) is 0 Å². The molecule has 1 N–H and O–H groups in total. The van der Waals surface area contributed by atoms with Crippen LogP contribution in [0.4, 0.5) is 4.39 Å². The molecule has 0 spiro atoms. The molecule has 14 heavy (non-hydrogen) atoms. The van der Waals surface area contributed by atoms with Crippen molar-refractivity contribution in [3.05, 3.63) is 34.1 Å². The van der Waals surface area contributed by atoms with E-state index in [0.717, 1.165) is 29.5 Å². The minimum Gasteiger partial charge on any atom is -0.316 e. The maximum absolute atomic E-state index is 13.0. The summed E-state index contributed by atoms with van der Waals surface area (Å²) in [6, 6.07) is 5.12. The van der Waals surface area contributed by atoms with Crippen molar-refractivity contribution in [2.24, 2.45) is 0 Å².